The summed E-state index contributed by atoms with van der Waals surface area (Å²) in [6.07, 6.45) is 0.507. The molecule has 1 saturated heterocycles. The van der Waals surface area contributed by atoms with Gasteiger partial charge in [0.05, 0.1) is 0 Å². The molecule has 2 rings (SSSR count). The Kier molecular flexibility index (Phi) is 2.71. The van der Waals surface area contributed by atoms with Gasteiger partial charge in [-0.2, -0.15) is 0 Å². The molecule has 1 aromatic carbocycles. The second kappa shape index (κ2) is 4.01. The van der Waals surface area contributed by atoms with Crippen molar-refractivity contribution in [3.63, 3.8) is 0 Å². The maximum Gasteiger partial charge on any atom is 0.220 e. The minimum Gasteiger partial charge on any atom is -0.356 e. The predicted molar refractivity (Wildman–Crippen MR) is 55.9 cm³/mol. The zero-order valence-electron chi connectivity index (χ0n) is 8.66. The number of hydrogen-bond donors (Lipinski definition) is 1. The molecule has 1 fully saturated rings. The van der Waals surface area contributed by atoms with Crippen LogP contribution in [0.15, 0.2) is 24.3 Å². The number of hydrogen-bond acceptors (Lipinski definition) is 1. The van der Waals surface area contributed by atoms with Crippen molar-refractivity contribution >= 4 is 5.91 Å². The Balaban J connectivity index is 2.21. The van der Waals surface area contributed by atoms with Gasteiger partial charge in [-0.1, -0.05) is 19.1 Å². The molecule has 1 unspecified atom stereocenters. The van der Waals surface area contributed by atoms with E-state index in [1.807, 2.05) is 0 Å². The first kappa shape index (κ1) is 10.1. The molecule has 1 amide bonds. The van der Waals surface area contributed by atoms with Crippen molar-refractivity contribution in [2.75, 3.05) is 6.54 Å². The van der Waals surface area contributed by atoms with Crippen molar-refractivity contribution in [1.82, 2.24) is 5.32 Å². The molecule has 0 aromatic heterocycles. The summed E-state index contributed by atoms with van der Waals surface area (Å²) in [4.78, 5) is 11.3. The van der Waals surface area contributed by atoms with Gasteiger partial charge in [-0.3, -0.25) is 4.79 Å². The molecule has 1 heterocycles. The Morgan fingerprint density at radius 3 is 2.67 bits per heavy atom. The van der Waals surface area contributed by atoms with E-state index in [-0.39, 0.29) is 17.6 Å². The Morgan fingerprint density at radius 2 is 2.00 bits per heavy atom. The van der Waals surface area contributed by atoms with Crippen LogP contribution < -0.4 is 5.32 Å². The Hall–Kier alpha value is -1.38. The molecule has 0 spiro atoms. The average Bonchev–Trinajstić information content (AvgIpc) is 2.23. The molecule has 15 heavy (non-hydrogen) atoms. The molecule has 0 bridgehead atoms. The standard InChI is InChI=1S/C12H14FNO/c1-8-7-14-12(15)6-11(8)9-2-4-10(13)5-3-9/h2-5,8,11H,6-7H2,1H3,(H,14,15)/t8?,11-/m1/s1. The number of rotatable bonds is 1. The SMILES string of the molecule is CC1CNC(=O)C[C@H]1c1ccc(F)cc1. The Morgan fingerprint density at radius 1 is 1.33 bits per heavy atom. The van der Waals surface area contributed by atoms with E-state index in [4.69, 9.17) is 0 Å². The molecule has 0 saturated carbocycles. The predicted octanol–water partition coefficient (Wildman–Crippen LogP) is 2.07. The van der Waals surface area contributed by atoms with Crippen LogP contribution in [-0.4, -0.2) is 12.5 Å². The summed E-state index contributed by atoms with van der Waals surface area (Å²) >= 11 is 0. The van der Waals surface area contributed by atoms with Crippen molar-refractivity contribution < 1.29 is 9.18 Å². The third-order valence-corrected chi connectivity index (χ3v) is 3.01. The summed E-state index contributed by atoms with van der Waals surface area (Å²) in [7, 11) is 0. The summed E-state index contributed by atoms with van der Waals surface area (Å²) in [6.45, 7) is 2.81. The fraction of sp³-hybridized carbons (Fsp3) is 0.417. The molecule has 1 aliphatic rings. The monoisotopic (exact) mass is 207 g/mol. The van der Waals surface area contributed by atoms with Gasteiger partial charge in [-0.05, 0) is 29.5 Å². The van der Waals surface area contributed by atoms with Crippen molar-refractivity contribution in [2.45, 2.75) is 19.3 Å². The average molecular weight is 207 g/mol. The molecule has 1 aliphatic heterocycles. The van der Waals surface area contributed by atoms with E-state index >= 15 is 0 Å². The second-order valence-corrected chi connectivity index (χ2v) is 4.14. The fourth-order valence-corrected chi connectivity index (χ4v) is 2.05. The van der Waals surface area contributed by atoms with Gasteiger partial charge >= 0.3 is 0 Å². The highest BCUT2D eigenvalue weighted by molar-refractivity contribution is 5.77. The van der Waals surface area contributed by atoms with E-state index in [0.717, 1.165) is 5.56 Å². The summed E-state index contributed by atoms with van der Waals surface area (Å²) in [5.74, 6) is 0.488. The smallest absolute Gasteiger partial charge is 0.220 e. The zero-order chi connectivity index (χ0) is 10.8. The molecule has 0 radical (unpaired) electrons. The van der Waals surface area contributed by atoms with Crippen molar-refractivity contribution in [2.24, 2.45) is 5.92 Å². The molecule has 1 aromatic rings. The molecule has 1 N–H and O–H groups in total. The number of halogens is 1. The van der Waals surface area contributed by atoms with Crippen molar-refractivity contribution in [3.05, 3.63) is 35.6 Å². The Bertz CT molecular complexity index is 360. The molecule has 2 atom stereocenters. The third kappa shape index (κ3) is 2.17. The maximum absolute atomic E-state index is 12.7. The number of carbonyl (C=O) groups is 1. The van der Waals surface area contributed by atoms with Crippen molar-refractivity contribution in [3.8, 4) is 0 Å². The summed E-state index contributed by atoms with van der Waals surface area (Å²) < 4.78 is 12.7. The van der Waals surface area contributed by atoms with Crippen LogP contribution in [0.4, 0.5) is 4.39 Å². The normalized spacial score (nSPS) is 26.1. The second-order valence-electron chi connectivity index (χ2n) is 4.14. The van der Waals surface area contributed by atoms with Crippen LogP contribution in [0.3, 0.4) is 0 Å². The molecule has 0 aliphatic carbocycles. The van der Waals surface area contributed by atoms with E-state index < -0.39 is 0 Å². The highest BCUT2D eigenvalue weighted by Gasteiger charge is 2.26. The largest absolute Gasteiger partial charge is 0.356 e. The van der Waals surface area contributed by atoms with Gasteiger partial charge in [0.25, 0.3) is 0 Å². The summed E-state index contributed by atoms with van der Waals surface area (Å²) in [6, 6.07) is 6.45. The van der Waals surface area contributed by atoms with Gasteiger partial charge in [-0.15, -0.1) is 0 Å². The lowest BCUT2D eigenvalue weighted by molar-refractivity contribution is -0.123. The molecule has 80 valence electrons. The summed E-state index contributed by atoms with van der Waals surface area (Å²) in [5, 5.41) is 2.83. The molecule has 2 nitrogen and oxygen atoms in total. The van der Waals surface area contributed by atoms with Crippen LogP contribution in [0.1, 0.15) is 24.8 Å². The number of amides is 1. The maximum atomic E-state index is 12.7. The molecule has 3 heteroatoms. The minimum atomic E-state index is -0.230. The van der Waals surface area contributed by atoms with Gasteiger partial charge in [0.1, 0.15) is 5.82 Å². The third-order valence-electron chi connectivity index (χ3n) is 3.01. The van der Waals surface area contributed by atoms with E-state index in [0.29, 0.717) is 18.9 Å². The van der Waals surface area contributed by atoms with E-state index in [2.05, 4.69) is 12.2 Å². The first-order valence-electron chi connectivity index (χ1n) is 5.19. The van der Waals surface area contributed by atoms with Crippen LogP contribution in [0.25, 0.3) is 0 Å². The molecular weight excluding hydrogens is 193 g/mol. The quantitative estimate of drug-likeness (QED) is 0.750. The number of benzene rings is 1. The lowest BCUT2D eigenvalue weighted by atomic mass is 9.82. The van der Waals surface area contributed by atoms with Crippen LogP contribution >= 0.6 is 0 Å². The Labute approximate surface area is 88.5 Å². The van der Waals surface area contributed by atoms with Gasteiger partial charge in [-0.25, -0.2) is 4.39 Å². The summed E-state index contributed by atoms with van der Waals surface area (Å²) in [5.41, 5.74) is 1.05. The van der Waals surface area contributed by atoms with E-state index in [1.54, 1.807) is 12.1 Å². The molecular formula is C12H14FNO. The highest BCUT2D eigenvalue weighted by atomic mass is 19.1. The van der Waals surface area contributed by atoms with Gasteiger partial charge in [0.15, 0.2) is 0 Å². The van der Waals surface area contributed by atoms with E-state index in [1.165, 1.54) is 12.1 Å². The lowest BCUT2D eigenvalue weighted by Gasteiger charge is -2.29. The number of nitrogens with one attached hydrogen (secondary N) is 1. The van der Waals surface area contributed by atoms with Crippen molar-refractivity contribution in [1.29, 1.82) is 0 Å². The zero-order valence-corrected chi connectivity index (χ0v) is 8.66. The number of carbonyl (C=O) groups excluding carboxylic acids is 1. The van der Waals surface area contributed by atoms with Gasteiger partial charge in [0.2, 0.25) is 5.91 Å². The minimum absolute atomic E-state index is 0.0856. The first-order valence-corrected chi connectivity index (χ1v) is 5.19. The van der Waals surface area contributed by atoms with Crippen LogP contribution in [-0.2, 0) is 4.79 Å². The fourth-order valence-electron chi connectivity index (χ4n) is 2.05. The lowest BCUT2D eigenvalue weighted by Crippen LogP contribution is -2.38. The van der Waals surface area contributed by atoms with Crippen LogP contribution in [0.5, 0.6) is 0 Å². The van der Waals surface area contributed by atoms with E-state index in [9.17, 15) is 9.18 Å². The van der Waals surface area contributed by atoms with Gasteiger partial charge < -0.3 is 5.32 Å². The number of piperidine rings is 1. The van der Waals surface area contributed by atoms with Crippen LogP contribution in [0, 0.1) is 11.7 Å². The highest BCUT2D eigenvalue weighted by Crippen LogP contribution is 2.30. The first-order chi connectivity index (χ1) is 7.16. The topological polar surface area (TPSA) is 29.1 Å². The van der Waals surface area contributed by atoms with Gasteiger partial charge in [0, 0.05) is 13.0 Å². The van der Waals surface area contributed by atoms with Crippen LogP contribution in [0.2, 0.25) is 0 Å².